The smallest absolute Gasteiger partial charge is 0.326 e. The van der Waals surface area contributed by atoms with Gasteiger partial charge in [-0.1, -0.05) is 38.0 Å². The van der Waals surface area contributed by atoms with Gasteiger partial charge in [-0.2, -0.15) is 0 Å². The van der Waals surface area contributed by atoms with Gasteiger partial charge in [-0.05, 0) is 25.0 Å². The van der Waals surface area contributed by atoms with Crippen LogP contribution in [0.25, 0.3) is 0 Å². The molecule has 0 aromatic heterocycles. The second-order valence-corrected chi connectivity index (χ2v) is 5.92. The third-order valence-corrected chi connectivity index (χ3v) is 4.20. The Bertz CT molecular complexity index is 459. The van der Waals surface area contributed by atoms with Crippen LogP contribution in [0.2, 0.25) is 0 Å². The quantitative estimate of drug-likeness (QED) is 0.759. The summed E-state index contributed by atoms with van der Waals surface area (Å²) in [6, 6.07) is 7.07. The number of aryl methyl sites for hydroxylation is 1. The molecule has 5 heteroatoms. The molecular formula is C15H21NO3S. The molecule has 0 spiro atoms. The van der Waals surface area contributed by atoms with Gasteiger partial charge in [-0.3, -0.25) is 4.79 Å². The molecule has 2 N–H and O–H groups in total. The zero-order valence-corrected chi connectivity index (χ0v) is 12.9. The molecule has 1 amide bonds. The summed E-state index contributed by atoms with van der Waals surface area (Å²) in [5.41, 5.74) is 1.17. The van der Waals surface area contributed by atoms with E-state index in [9.17, 15) is 9.59 Å². The minimum Gasteiger partial charge on any atom is -0.480 e. The van der Waals surface area contributed by atoms with Gasteiger partial charge in [0.25, 0.3) is 0 Å². The average Bonchev–Trinajstić information content (AvgIpc) is 2.43. The normalized spacial score (nSPS) is 13.6. The van der Waals surface area contributed by atoms with E-state index in [1.54, 1.807) is 0 Å². The lowest BCUT2D eigenvalue weighted by atomic mass is 9.99. The van der Waals surface area contributed by atoms with E-state index in [-0.39, 0.29) is 17.6 Å². The Hall–Kier alpha value is -1.49. The van der Waals surface area contributed by atoms with Gasteiger partial charge in [0.15, 0.2) is 0 Å². The number of carbonyl (C=O) groups is 2. The molecule has 1 aromatic carbocycles. The summed E-state index contributed by atoms with van der Waals surface area (Å²) in [6.07, 6.45) is 0.711. The van der Waals surface area contributed by atoms with E-state index < -0.39 is 12.0 Å². The zero-order valence-electron chi connectivity index (χ0n) is 12.1. The Morgan fingerprint density at radius 2 is 1.90 bits per heavy atom. The van der Waals surface area contributed by atoms with Crippen LogP contribution in [0.4, 0.5) is 0 Å². The van der Waals surface area contributed by atoms with Crippen LogP contribution in [0.3, 0.4) is 0 Å². The maximum Gasteiger partial charge on any atom is 0.326 e. The maximum atomic E-state index is 11.8. The standard InChI is InChI=1S/C15H21NO3S/c1-4-11(3)14(15(18)19)16-13(17)9-20-12-7-5-10(2)6-8-12/h5-8,11,14H,4,9H2,1-3H3,(H,16,17)(H,18,19)/t11-,14-/m0/s1. The number of benzene rings is 1. The van der Waals surface area contributed by atoms with Gasteiger partial charge in [0.1, 0.15) is 6.04 Å². The molecule has 0 bridgehead atoms. The topological polar surface area (TPSA) is 66.4 Å². The molecule has 0 saturated heterocycles. The van der Waals surface area contributed by atoms with Crippen molar-refractivity contribution in [2.45, 2.75) is 38.1 Å². The number of carboxylic acids is 1. The van der Waals surface area contributed by atoms with Crippen molar-refractivity contribution in [3.63, 3.8) is 0 Å². The Labute approximate surface area is 124 Å². The SMILES string of the molecule is CC[C@H](C)[C@H](NC(=O)CSc1ccc(C)cc1)C(=O)O. The molecule has 0 aliphatic carbocycles. The Morgan fingerprint density at radius 3 is 2.40 bits per heavy atom. The summed E-state index contributed by atoms with van der Waals surface area (Å²) in [6.45, 7) is 5.74. The summed E-state index contributed by atoms with van der Waals surface area (Å²) in [5, 5.41) is 11.7. The molecule has 0 saturated carbocycles. The molecule has 0 radical (unpaired) electrons. The highest BCUT2D eigenvalue weighted by molar-refractivity contribution is 8.00. The van der Waals surface area contributed by atoms with Crippen molar-refractivity contribution in [2.75, 3.05) is 5.75 Å². The number of hydrogen-bond donors (Lipinski definition) is 2. The van der Waals surface area contributed by atoms with Crippen LogP contribution in [0.1, 0.15) is 25.8 Å². The fourth-order valence-electron chi connectivity index (χ4n) is 1.68. The van der Waals surface area contributed by atoms with E-state index in [1.165, 1.54) is 17.3 Å². The van der Waals surface area contributed by atoms with E-state index in [1.807, 2.05) is 45.0 Å². The molecular weight excluding hydrogens is 274 g/mol. The van der Waals surface area contributed by atoms with Crippen molar-refractivity contribution >= 4 is 23.6 Å². The van der Waals surface area contributed by atoms with Gasteiger partial charge in [0.05, 0.1) is 5.75 Å². The first-order valence-corrected chi connectivity index (χ1v) is 7.64. The fourth-order valence-corrected chi connectivity index (χ4v) is 2.39. The highest BCUT2D eigenvalue weighted by Gasteiger charge is 2.25. The highest BCUT2D eigenvalue weighted by atomic mass is 32.2. The van der Waals surface area contributed by atoms with E-state index in [4.69, 9.17) is 5.11 Å². The molecule has 1 aromatic rings. The lowest BCUT2D eigenvalue weighted by Gasteiger charge is -2.19. The molecule has 0 unspecified atom stereocenters. The number of aliphatic carboxylic acids is 1. The third-order valence-electron chi connectivity index (χ3n) is 3.19. The molecule has 1 rings (SSSR count). The van der Waals surface area contributed by atoms with Crippen LogP contribution in [0.15, 0.2) is 29.2 Å². The number of hydrogen-bond acceptors (Lipinski definition) is 3. The van der Waals surface area contributed by atoms with Crippen molar-refractivity contribution in [3.05, 3.63) is 29.8 Å². The number of nitrogens with one attached hydrogen (secondary N) is 1. The Balaban J connectivity index is 2.49. The Kier molecular flexibility index (Phi) is 6.58. The first kappa shape index (κ1) is 16.6. The summed E-state index contributed by atoms with van der Waals surface area (Å²) >= 11 is 1.41. The molecule has 0 heterocycles. The molecule has 110 valence electrons. The highest BCUT2D eigenvalue weighted by Crippen LogP contribution is 2.18. The summed E-state index contributed by atoms with van der Waals surface area (Å²) < 4.78 is 0. The molecule has 0 fully saturated rings. The van der Waals surface area contributed by atoms with E-state index in [0.29, 0.717) is 6.42 Å². The van der Waals surface area contributed by atoms with Crippen LogP contribution < -0.4 is 5.32 Å². The van der Waals surface area contributed by atoms with Gasteiger partial charge in [0.2, 0.25) is 5.91 Å². The zero-order chi connectivity index (χ0) is 15.1. The molecule has 0 aliphatic heterocycles. The van der Waals surface area contributed by atoms with E-state index in [0.717, 1.165) is 4.90 Å². The number of amides is 1. The van der Waals surface area contributed by atoms with Crippen molar-refractivity contribution in [3.8, 4) is 0 Å². The predicted octanol–water partition coefficient (Wildman–Crippen LogP) is 2.70. The molecule has 0 aliphatic rings. The van der Waals surface area contributed by atoms with Crippen molar-refractivity contribution < 1.29 is 14.7 Å². The number of rotatable bonds is 7. The number of carbonyl (C=O) groups excluding carboxylic acids is 1. The lowest BCUT2D eigenvalue weighted by molar-refractivity contribution is -0.143. The van der Waals surface area contributed by atoms with Crippen LogP contribution in [-0.4, -0.2) is 28.8 Å². The first-order valence-electron chi connectivity index (χ1n) is 6.65. The van der Waals surface area contributed by atoms with Crippen molar-refractivity contribution in [1.82, 2.24) is 5.32 Å². The largest absolute Gasteiger partial charge is 0.480 e. The second-order valence-electron chi connectivity index (χ2n) is 4.87. The van der Waals surface area contributed by atoms with E-state index >= 15 is 0 Å². The minimum atomic E-state index is -0.979. The average molecular weight is 295 g/mol. The fraction of sp³-hybridized carbons (Fsp3) is 0.467. The number of carboxylic acid groups (broad SMARTS) is 1. The summed E-state index contributed by atoms with van der Waals surface area (Å²) in [5.74, 6) is -1.08. The molecule has 2 atom stereocenters. The Morgan fingerprint density at radius 1 is 1.30 bits per heavy atom. The van der Waals surface area contributed by atoms with Gasteiger partial charge in [0, 0.05) is 4.90 Å². The molecule has 4 nitrogen and oxygen atoms in total. The minimum absolute atomic E-state index is 0.0826. The van der Waals surface area contributed by atoms with Gasteiger partial charge < -0.3 is 10.4 Å². The van der Waals surface area contributed by atoms with Crippen LogP contribution in [0, 0.1) is 12.8 Å². The lowest BCUT2D eigenvalue weighted by Crippen LogP contribution is -2.45. The van der Waals surface area contributed by atoms with Crippen molar-refractivity contribution in [1.29, 1.82) is 0 Å². The van der Waals surface area contributed by atoms with Crippen LogP contribution in [0.5, 0.6) is 0 Å². The second kappa shape index (κ2) is 7.94. The van der Waals surface area contributed by atoms with E-state index in [2.05, 4.69) is 5.32 Å². The predicted molar refractivity (Wildman–Crippen MR) is 80.9 cm³/mol. The summed E-state index contributed by atoms with van der Waals surface area (Å²) in [4.78, 5) is 23.9. The van der Waals surface area contributed by atoms with Crippen LogP contribution in [-0.2, 0) is 9.59 Å². The van der Waals surface area contributed by atoms with Gasteiger partial charge in [-0.25, -0.2) is 4.79 Å². The maximum absolute atomic E-state index is 11.8. The first-order chi connectivity index (χ1) is 9.43. The van der Waals surface area contributed by atoms with Gasteiger partial charge >= 0.3 is 5.97 Å². The van der Waals surface area contributed by atoms with Crippen LogP contribution >= 0.6 is 11.8 Å². The monoisotopic (exact) mass is 295 g/mol. The third kappa shape index (κ3) is 5.25. The number of thioether (sulfide) groups is 1. The molecule has 20 heavy (non-hydrogen) atoms. The summed E-state index contributed by atoms with van der Waals surface area (Å²) in [7, 11) is 0. The van der Waals surface area contributed by atoms with Gasteiger partial charge in [-0.15, -0.1) is 11.8 Å². The van der Waals surface area contributed by atoms with Crippen molar-refractivity contribution in [2.24, 2.45) is 5.92 Å².